The highest BCUT2D eigenvalue weighted by Gasteiger charge is 2.28. The summed E-state index contributed by atoms with van der Waals surface area (Å²) in [6, 6.07) is 3.58. The number of para-hydroxylation sites is 1. The number of halogens is 2. The third-order valence-electron chi connectivity index (χ3n) is 4.99. The van der Waals surface area contributed by atoms with Crippen LogP contribution in [0.1, 0.15) is 47.3 Å². The molecule has 0 spiro atoms. The summed E-state index contributed by atoms with van der Waals surface area (Å²) in [5, 5.41) is 2.42. The Labute approximate surface area is 139 Å². The fourth-order valence-electron chi connectivity index (χ4n) is 3.54. The molecule has 3 nitrogen and oxygen atoms in total. The van der Waals surface area contributed by atoms with E-state index in [1.807, 2.05) is 6.20 Å². The van der Waals surface area contributed by atoms with Gasteiger partial charge in [-0.1, -0.05) is 6.07 Å². The van der Waals surface area contributed by atoms with E-state index in [-0.39, 0.29) is 5.69 Å². The molecule has 1 aromatic heterocycles. The molecule has 1 fully saturated rings. The maximum atomic E-state index is 13.8. The lowest BCUT2D eigenvalue weighted by Crippen LogP contribution is -2.16. The number of rotatable bonds is 4. The third kappa shape index (κ3) is 2.83. The molecule has 2 aliphatic carbocycles. The summed E-state index contributed by atoms with van der Waals surface area (Å²) in [6.45, 7) is 0.948. The first kappa shape index (κ1) is 15.4. The molecule has 4 rings (SSSR count). The van der Waals surface area contributed by atoms with Crippen LogP contribution in [0.3, 0.4) is 0 Å². The summed E-state index contributed by atoms with van der Waals surface area (Å²) in [6.07, 6.45) is 8.38. The van der Waals surface area contributed by atoms with E-state index in [0.29, 0.717) is 11.5 Å². The molecule has 5 heteroatoms. The van der Waals surface area contributed by atoms with Crippen molar-refractivity contribution in [2.24, 2.45) is 5.92 Å². The fourth-order valence-corrected chi connectivity index (χ4v) is 3.54. The number of nitrogens with zero attached hydrogens (tertiary/aromatic N) is 1. The molecule has 0 radical (unpaired) electrons. The fraction of sp³-hybridized carbons (Fsp3) is 0.421. The number of nitrogens with one attached hydrogen (secondary N) is 1. The summed E-state index contributed by atoms with van der Waals surface area (Å²) in [4.78, 5) is 12.6. The lowest BCUT2D eigenvalue weighted by Gasteiger charge is -2.16. The summed E-state index contributed by atoms with van der Waals surface area (Å²) in [5.41, 5.74) is 2.47. The Hall–Kier alpha value is -2.17. The van der Waals surface area contributed by atoms with Gasteiger partial charge in [0.15, 0.2) is 0 Å². The van der Waals surface area contributed by atoms with Crippen LogP contribution in [0.15, 0.2) is 24.4 Å². The zero-order valence-corrected chi connectivity index (χ0v) is 13.4. The van der Waals surface area contributed by atoms with Crippen LogP contribution >= 0.6 is 0 Å². The van der Waals surface area contributed by atoms with Gasteiger partial charge in [0.1, 0.15) is 17.3 Å². The zero-order chi connectivity index (χ0) is 16.7. The number of carbonyl (C=O) groups is 1. The Balaban J connectivity index is 1.65. The van der Waals surface area contributed by atoms with Crippen molar-refractivity contribution in [2.75, 3.05) is 5.32 Å². The lowest BCUT2D eigenvalue weighted by atomic mass is 9.94. The minimum Gasteiger partial charge on any atom is -0.350 e. The molecule has 1 heterocycles. The van der Waals surface area contributed by atoms with Crippen molar-refractivity contribution in [2.45, 2.75) is 45.1 Å². The lowest BCUT2D eigenvalue weighted by molar-refractivity contribution is 0.102. The molecule has 1 N–H and O–H groups in total. The van der Waals surface area contributed by atoms with Gasteiger partial charge in [-0.05, 0) is 62.1 Å². The highest BCUT2D eigenvalue weighted by Crippen LogP contribution is 2.34. The van der Waals surface area contributed by atoms with Gasteiger partial charge in [0.05, 0.1) is 5.56 Å². The molecule has 24 heavy (non-hydrogen) atoms. The quantitative estimate of drug-likeness (QED) is 0.891. The third-order valence-corrected chi connectivity index (χ3v) is 4.99. The first-order valence-electron chi connectivity index (χ1n) is 8.59. The molecule has 2 aliphatic rings. The van der Waals surface area contributed by atoms with E-state index in [9.17, 15) is 13.6 Å². The number of benzene rings is 1. The second-order valence-electron chi connectivity index (χ2n) is 6.82. The number of fused-ring (bicyclic) bond motifs is 1. The summed E-state index contributed by atoms with van der Waals surface area (Å²) in [5.74, 6) is -1.22. The van der Waals surface area contributed by atoms with Crippen molar-refractivity contribution < 1.29 is 13.6 Å². The van der Waals surface area contributed by atoms with Crippen LogP contribution in [0.25, 0.3) is 0 Å². The monoisotopic (exact) mass is 330 g/mol. The molecule has 0 unspecified atom stereocenters. The normalized spacial score (nSPS) is 16.8. The van der Waals surface area contributed by atoms with E-state index in [0.717, 1.165) is 49.9 Å². The van der Waals surface area contributed by atoms with Gasteiger partial charge in [-0.3, -0.25) is 4.79 Å². The molecule has 1 saturated carbocycles. The maximum absolute atomic E-state index is 13.8. The second-order valence-corrected chi connectivity index (χ2v) is 6.82. The van der Waals surface area contributed by atoms with Crippen LogP contribution in [0.2, 0.25) is 0 Å². The maximum Gasteiger partial charge on any atom is 0.257 e. The molecule has 1 aromatic carbocycles. The van der Waals surface area contributed by atoms with Crippen molar-refractivity contribution in [3.05, 3.63) is 52.9 Å². The number of amides is 1. The molecule has 0 atom stereocenters. The van der Waals surface area contributed by atoms with Crippen LogP contribution in [-0.4, -0.2) is 10.5 Å². The highest BCUT2D eigenvalue weighted by atomic mass is 19.1. The first-order chi connectivity index (χ1) is 11.6. The highest BCUT2D eigenvalue weighted by molar-refractivity contribution is 6.05. The smallest absolute Gasteiger partial charge is 0.257 e. The summed E-state index contributed by atoms with van der Waals surface area (Å²) in [7, 11) is 0. The Bertz CT molecular complexity index is 773. The molecule has 0 aliphatic heterocycles. The van der Waals surface area contributed by atoms with Crippen LogP contribution in [-0.2, 0) is 19.4 Å². The van der Waals surface area contributed by atoms with Crippen molar-refractivity contribution >= 4 is 11.6 Å². The minimum absolute atomic E-state index is 0.373. The SMILES string of the molecule is O=C(Nc1c(F)cccc1F)c1cn(CC2CC2)c2c1CCCC2. The van der Waals surface area contributed by atoms with E-state index < -0.39 is 17.5 Å². The number of carbonyl (C=O) groups excluding carboxylic acids is 1. The number of hydrogen-bond donors (Lipinski definition) is 1. The van der Waals surface area contributed by atoms with E-state index >= 15 is 0 Å². The van der Waals surface area contributed by atoms with Crippen molar-refractivity contribution in [1.82, 2.24) is 4.57 Å². The second kappa shape index (κ2) is 6.04. The van der Waals surface area contributed by atoms with Gasteiger partial charge in [-0.25, -0.2) is 8.78 Å². The predicted octanol–water partition coefficient (Wildman–Crippen LogP) is 4.31. The van der Waals surface area contributed by atoms with E-state index in [1.165, 1.54) is 24.6 Å². The topological polar surface area (TPSA) is 34.0 Å². The number of anilines is 1. The zero-order valence-electron chi connectivity index (χ0n) is 13.4. The molecular formula is C19H20F2N2O. The Morgan fingerprint density at radius 3 is 2.58 bits per heavy atom. The summed E-state index contributed by atoms with van der Waals surface area (Å²) >= 11 is 0. The van der Waals surface area contributed by atoms with Crippen LogP contribution < -0.4 is 5.32 Å². The Morgan fingerprint density at radius 2 is 1.88 bits per heavy atom. The minimum atomic E-state index is -0.755. The van der Waals surface area contributed by atoms with Gasteiger partial charge in [0.2, 0.25) is 0 Å². The molecule has 2 aromatic rings. The van der Waals surface area contributed by atoms with Crippen molar-refractivity contribution in [1.29, 1.82) is 0 Å². The molecular weight excluding hydrogens is 310 g/mol. The van der Waals surface area contributed by atoms with Gasteiger partial charge in [0.25, 0.3) is 5.91 Å². The first-order valence-corrected chi connectivity index (χ1v) is 8.59. The average molecular weight is 330 g/mol. The van der Waals surface area contributed by atoms with Gasteiger partial charge >= 0.3 is 0 Å². The Kier molecular flexibility index (Phi) is 3.87. The van der Waals surface area contributed by atoms with Gasteiger partial charge in [-0.15, -0.1) is 0 Å². The van der Waals surface area contributed by atoms with E-state index in [4.69, 9.17) is 0 Å². The van der Waals surface area contributed by atoms with E-state index in [2.05, 4.69) is 9.88 Å². The van der Waals surface area contributed by atoms with Crippen LogP contribution in [0, 0.1) is 17.6 Å². The van der Waals surface area contributed by atoms with Gasteiger partial charge in [0, 0.05) is 18.4 Å². The van der Waals surface area contributed by atoms with E-state index in [1.54, 1.807) is 0 Å². The van der Waals surface area contributed by atoms with Gasteiger partial charge < -0.3 is 9.88 Å². The Morgan fingerprint density at radius 1 is 1.17 bits per heavy atom. The standard InChI is InChI=1S/C19H20F2N2O/c20-15-5-3-6-16(21)18(15)22-19(24)14-11-23(10-12-8-9-12)17-7-2-1-4-13(14)17/h3,5-6,11-12H,1-2,4,7-10H2,(H,22,24). The largest absolute Gasteiger partial charge is 0.350 e. The summed E-state index contributed by atoms with van der Waals surface area (Å²) < 4.78 is 29.8. The van der Waals surface area contributed by atoms with Gasteiger partial charge in [-0.2, -0.15) is 0 Å². The number of aromatic nitrogens is 1. The van der Waals surface area contributed by atoms with Crippen molar-refractivity contribution in [3.8, 4) is 0 Å². The number of hydrogen-bond acceptors (Lipinski definition) is 1. The molecule has 0 saturated heterocycles. The predicted molar refractivity (Wildman–Crippen MR) is 88.1 cm³/mol. The van der Waals surface area contributed by atoms with Crippen molar-refractivity contribution in [3.63, 3.8) is 0 Å². The molecule has 126 valence electrons. The molecule has 1 amide bonds. The molecule has 0 bridgehead atoms. The van der Waals surface area contributed by atoms with Crippen LogP contribution in [0.4, 0.5) is 14.5 Å². The average Bonchev–Trinajstić information content (AvgIpc) is 3.31. The van der Waals surface area contributed by atoms with Crippen LogP contribution in [0.5, 0.6) is 0 Å².